The number of nitrogens with one attached hydrogen (secondary N) is 1. The maximum Gasteiger partial charge on any atom is 0.178 e. The molecule has 1 aliphatic rings. The molecular formula is C11H10FIN2S. The van der Waals surface area contributed by atoms with Crippen LogP contribution in [-0.2, 0) is 0 Å². The summed E-state index contributed by atoms with van der Waals surface area (Å²) in [5.74, 6) is 0.470. The number of fused-ring (bicyclic) bond motifs is 1. The Morgan fingerprint density at radius 3 is 2.88 bits per heavy atom. The molecule has 1 heterocycles. The van der Waals surface area contributed by atoms with Gasteiger partial charge in [0.2, 0.25) is 0 Å². The van der Waals surface area contributed by atoms with E-state index in [9.17, 15) is 4.39 Å². The molecule has 1 aliphatic carbocycles. The van der Waals surface area contributed by atoms with Crippen molar-refractivity contribution in [2.45, 2.75) is 19.4 Å². The van der Waals surface area contributed by atoms with E-state index in [1.807, 2.05) is 28.7 Å². The molecule has 0 amide bonds. The van der Waals surface area contributed by atoms with Gasteiger partial charge in [-0.15, -0.1) is 0 Å². The van der Waals surface area contributed by atoms with Gasteiger partial charge >= 0.3 is 0 Å². The zero-order chi connectivity index (χ0) is 11.4. The Labute approximate surface area is 111 Å². The van der Waals surface area contributed by atoms with E-state index in [0.29, 0.717) is 20.3 Å². The fraction of sp³-hybridized carbons (Fsp3) is 0.364. The first-order chi connectivity index (χ1) is 7.58. The number of hydrogen-bond acceptors (Lipinski definition) is 1. The van der Waals surface area contributed by atoms with Crippen LogP contribution < -0.4 is 0 Å². The SMILES string of the molecule is CC1CC1n1c(=S)[nH]c2cc(I)c(F)cc21. The van der Waals surface area contributed by atoms with Crippen LogP contribution >= 0.6 is 34.8 Å². The van der Waals surface area contributed by atoms with Crippen LogP contribution in [0.1, 0.15) is 19.4 Å². The van der Waals surface area contributed by atoms with Gasteiger partial charge in [0.15, 0.2) is 4.77 Å². The monoisotopic (exact) mass is 348 g/mol. The van der Waals surface area contributed by atoms with Crippen LogP contribution in [0.4, 0.5) is 4.39 Å². The molecule has 1 aromatic heterocycles. The largest absolute Gasteiger partial charge is 0.331 e. The molecule has 3 rings (SSSR count). The number of benzene rings is 1. The second kappa shape index (κ2) is 3.53. The predicted octanol–water partition coefficient (Wildman–Crippen LogP) is 4.02. The highest BCUT2D eigenvalue weighted by molar-refractivity contribution is 14.1. The third-order valence-corrected chi connectivity index (χ3v) is 4.28. The molecule has 2 nitrogen and oxygen atoms in total. The number of aromatic nitrogens is 2. The molecule has 2 unspecified atom stereocenters. The molecule has 0 aliphatic heterocycles. The smallest absolute Gasteiger partial charge is 0.178 e. The van der Waals surface area contributed by atoms with Gasteiger partial charge in [0.05, 0.1) is 14.6 Å². The van der Waals surface area contributed by atoms with Crippen molar-refractivity contribution in [1.29, 1.82) is 0 Å². The minimum absolute atomic E-state index is 0.177. The van der Waals surface area contributed by atoms with E-state index >= 15 is 0 Å². The average molecular weight is 348 g/mol. The number of hydrogen-bond donors (Lipinski definition) is 1. The summed E-state index contributed by atoms with van der Waals surface area (Å²) in [5.41, 5.74) is 1.81. The third kappa shape index (κ3) is 1.52. The number of nitrogens with zero attached hydrogens (tertiary/aromatic N) is 1. The summed E-state index contributed by atoms with van der Waals surface area (Å²) in [6, 6.07) is 3.83. The van der Waals surface area contributed by atoms with Gasteiger partial charge in [-0.05, 0) is 53.2 Å². The van der Waals surface area contributed by atoms with Crippen LogP contribution in [0, 0.1) is 20.1 Å². The van der Waals surface area contributed by atoms with Crippen LogP contribution in [0.2, 0.25) is 0 Å². The van der Waals surface area contributed by atoms with Crippen molar-refractivity contribution >= 4 is 45.8 Å². The molecule has 0 bridgehead atoms. The molecule has 16 heavy (non-hydrogen) atoms. The molecule has 0 spiro atoms. The first-order valence-electron chi connectivity index (χ1n) is 5.17. The number of rotatable bonds is 1. The first-order valence-corrected chi connectivity index (χ1v) is 6.66. The summed E-state index contributed by atoms with van der Waals surface area (Å²) < 4.78 is 16.9. The number of aromatic amines is 1. The quantitative estimate of drug-likeness (QED) is 0.610. The van der Waals surface area contributed by atoms with E-state index in [1.54, 1.807) is 6.07 Å². The second-order valence-corrected chi connectivity index (χ2v) is 5.91. The second-order valence-electron chi connectivity index (χ2n) is 4.36. The van der Waals surface area contributed by atoms with Crippen molar-refractivity contribution in [2.75, 3.05) is 0 Å². The molecule has 1 fully saturated rings. The number of imidazole rings is 1. The Morgan fingerprint density at radius 1 is 1.56 bits per heavy atom. The lowest BCUT2D eigenvalue weighted by atomic mass is 10.3. The molecule has 1 aromatic carbocycles. The molecule has 0 radical (unpaired) electrons. The summed E-state index contributed by atoms with van der Waals surface area (Å²) >= 11 is 7.28. The van der Waals surface area contributed by atoms with Crippen molar-refractivity contribution in [3.8, 4) is 0 Å². The fourth-order valence-corrected chi connectivity index (χ4v) is 2.92. The highest BCUT2D eigenvalue weighted by atomic mass is 127. The molecule has 1 N–H and O–H groups in total. The average Bonchev–Trinajstić information content (AvgIpc) is 2.82. The van der Waals surface area contributed by atoms with Crippen LogP contribution in [0.15, 0.2) is 12.1 Å². The molecule has 0 saturated heterocycles. The number of H-pyrrole nitrogens is 1. The molecular weight excluding hydrogens is 338 g/mol. The fourth-order valence-electron chi connectivity index (χ4n) is 2.11. The zero-order valence-corrected chi connectivity index (χ0v) is 11.6. The highest BCUT2D eigenvalue weighted by Gasteiger charge is 2.35. The van der Waals surface area contributed by atoms with E-state index in [0.717, 1.165) is 17.5 Å². The van der Waals surface area contributed by atoms with Crippen molar-refractivity contribution < 1.29 is 4.39 Å². The summed E-state index contributed by atoms with van der Waals surface area (Å²) in [4.78, 5) is 3.14. The van der Waals surface area contributed by atoms with E-state index in [4.69, 9.17) is 12.2 Å². The van der Waals surface area contributed by atoms with Gasteiger partial charge in [-0.2, -0.15) is 0 Å². The standard InChI is InChI=1S/C11H10FIN2S/c1-5-2-9(5)15-10-3-6(12)7(13)4-8(10)14-11(15)16/h3-5,9H,2H2,1H3,(H,14,16). The van der Waals surface area contributed by atoms with Crippen LogP contribution in [-0.4, -0.2) is 9.55 Å². The molecule has 2 atom stereocenters. The van der Waals surface area contributed by atoms with Gasteiger partial charge in [-0.3, -0.25) is 0 Å². The Kier molecular flexibility index (Phi) is 2.36. The minimum Gasteiger partial charge on any atom is -0.331 e. The van der Waals surface area contributed by atoms with Crippen LogP contribution in [0.5, 0.6) is 0 Å². The van der Waals surface area contributed by atoms with E-state index in [2.05, 4.69) is 16.5 Å². The van der Waals surface area contributed by atoms with Crippen molar-refractivity contribution in [3.05, 3.63) is 26.3 Å². The maximum atomic E-state index is 13.6. The lowest BCUT2D eigenvalue weighted by molar-refractivity contribution is 0.619. The molecule has 2 aromatic rings. The van der Waals surface area contributed by atoms with Crippen LogP contribution in [0.3, 0.4) is 0 Å². The lowest BCUT2D eigenvalue weighted by Crippen LogP contribution is -1.95. The first kappa shape index (κ1) is 10.7. The van der Waals surface area contributed by atoms with Gasteiger partial charge in [0, 0.05) is 12.1 Å². The summed E-state index contributed by atoms with van der Waals surface area (Å²) in [7, 11) is 0. The van der Waals surface area contributed by atoms with Gasteiger partial charge in [-0.1, -0.05) is 6.92 Å². The van der Waals surface area contributed by atoms with Gasteiger partial charge < -0.3 is 9.55 Å². The topological polar surface area (TPSA) is 20.7 Å². The van der Waals surface area contributed by atoms with Gasteiger partial charge in [-0.25, -0.2) is 4.39 Å². The molecule has 84 valence electrons. The molecule has 1 saturated carbocycles. The van der Waals surface area contributed by atoms with Gasteiger partial charge in [0.1, 0.15) is 5.82 Å². The highest BCUT2D eigenvalue weighted by Crippen LogP contribution is 2.44. The maximum absolute atomic E-state index is 13.6. The Balaban J connectivity index is 2.31. The molecule has 5 heteroatoms. The van der Waals surface area contributed by atoms with E-state index in [1.165, 1.54) is 0 Å². The van der Waals surface area contributed by atoms with Crippen molar-refractivity contribution in [1.82, 2.24) is 9.55 Å². The Bertz CT molecular complexity index is 631. The van der Waals surface area contributed by atoms with Crippen molar-refractivity contribution in [3.63, 3.8) is 0 Å². The lowest BCUT2D eigenvalue weighted by Gasteiger charge is -2.02. The Hall–Kier alpha value is -0.430. The van der Waals surface area contributed by atoms with Gasteiger partial charge in [0.25, 0.3) is 0 Å². The summed E-state index contributed by atoms with van der Waals surface area (Å²) in [6.07, 6.45) is 1.13. The van der Waals surface area contributed by atoms with Crippen LogP contribution in [0.25, 0.3) is 11.0 Å². The van der Waals surface area contributed by atoms with E-state index < -0.39 is 0 Å². The normalized spacial score (nSPS) is 23.9. The minimum atomic E-state index is -0.177. The van der Waals surface area contributed by atoms with Crippen molar-refractivity contribution in [2.24, 2.45) is 5.92 Å². The summed E-state index contributed by atoms with van der Waals surface area (Å²) in [5, 5.41) is 0. The number of halogens is 2. The predicted molar refractivity (Wildman–Crippen MR) is 72.6 cm³/mol. The van der Waals surface area contributed by atoms with E-state index in [-0.39, 0.29) is 5.82 Å². The third-order valence-electron chi connectivity index (χ3n) is 3.16. The Morgan fingerprint density at radius 2 is 2.25 bits per heavy atom. The summed E-state index contributed by atoms with van der Waals surface area (Å²) in [6.45, 7) is 2.19. The zero-order valence-electron chi connectivity index (χ0n) is 8.63.